The van der Waals surface area contributed by atoms with Crippen molar-refractivity contribution in [2.45, 2.75) is 32.7 Å². The van der Waals surface area contributed by atoms with Crippen LogP contribution in [-0.2, 0) is 18.3 Å². The molecule has 0 unspecified atom stereocenters. The number of hydrogen-bond acceptors (Lipinski definition) is 4. The Bertz CT molecular complexity index is 823. The van der Waals surface area contributed by atoms with E-state index in [1.54, 1.807) is 17.5 Å². The summed E-state index contributed by atoms with van der Waals surface area (Å²) in [6.45, 7) is 4.30. The van der Waals surface area contributed by atoms with Gasteiger partial charge in [0.05, 0.1) is 12.5 Å². The number of nitrogens with zero attached hydrogens (tertiary/aromatic N) is 3. The van der Waals surface area contributed by atoms with Gasteiger partial charge in [-0.15, -0.1) is 11.3 Å². The first kappa shape index (κ1) is 16.6. The molecule has 126 valence electrons. The van der Waals surface area contributed by atoms with E-state index in [-0.39, 0.29) is 11.9 Å². The molecule has 1 atom stereocenters. The number of rotatable bonds is 6. The Kier molecular flexibility index (Phi) is 4.94. The summed E-state index contributed by atoms with van der Waals surface area (Å²) in [6.07, 6.45) is 3.02. The molecule has 0 saturated heterocycles. The van der Waals surface area contributed by atoms with Gasteiger partial charge in [-0.05, 0) is 35.9 Å². The molecule has 0 spiro atoms. The summed E-state index contributed by atoms with van der Waals surface area (Å²) in [5.74, 6) is 1.34. The van der Waals surface area contributed by atoms with Gasteiger partial charge in [0, 0.05) is 18.1 Å². The highest BCUT2D eigenvalue weighted by Crippen LogP contribution is 2.24. The fourth-order valence-corrected chi connectivity index (χ4v) is 3.57. The SMILES string of the molecule is CC(C)C[C@@H](NC(=O)Cc1cccs1)c1nc2cccnc2n1C. The second kappa shape index (κ2) is 7.13. The third-order valence-corrected chi connectivity index (χ3v) is 4.81. The van der Waals surface area contributed by atoms with Gasteiger partial charge in [0.1, 0.15) is 11.3 Å². The van der Waals surface area contributed by atoms with Crippen molar-refractivity contribution in [2.75, 3.05) is 0 Å². The molecule has 0 bridgehead atoms. The first-order valence-corrected chi connectivity index (χ1v) is 9.01. The van der Waals surface area contributed by atoms with Gasteiger partial charge in [-0.2, -0.15) is 0 Å². The number of hydrogen-bond donors (Lipinski definition) is 1. The topological polar surface area (TPSA) is 59.8 Å². The fourth-order valence-electron chi connectivity index (χ4n) is 2.87. The van der Waals surface area contributed by atoms with E-state index < -0.39 is 0 Å². The van der Waals surface area contributed by atoms with Crippen molar-refractivity contribution in [3.63, 3.8) is 0 Å². The van der Waals surface area contributed by atoms with Gasteiger partial charge in [-0.25, -0.2) is 9.97 Å². The summed E-state index contributed by atoms with van der Waals surface area (Å²) in [5.41, 5.74) is 1.70. The minimum atomic E-state index is -0.114. The molecular weight excluding hydrogens is 320 g/mol. The van der Waals surface area contributed by atoms with Crippen molar-refractivity contribution in [1.82, 2.24) is 19.9 Å². The van der Waals surface area contributed by atoms with Gasteiger partial charge >= 0.3 is 0 Å². The van der Waals surface area contributed by atoms with Crippen LogP contribution in [0.4, 0.5) is 0 Å². The van der Waals surface area contributed by atoms with E-state index in [1.807, 2.05) is 41.3 Å². The number of aromatic nitrogens is 3. The smallest absolute Gasteiger partial charge is 0.225 e. The number of fused-ring (bicyclic) bond motifs is 1. The van der Waals surface area contributed by atoms with Gasteiger partial charge < -0.3 is 9.88 Å². The maximum absolute atomic E-state index is 12.4. The minimum absolute atomic E-state index is 0.0307. The molecular formula is C18H22N4OS. The zero-order chi connectivity index (χ0) is 17.1. The lowest BCUT2D eigenvalue weighted by Crippen LogP contribution is -2.32. The zero-order valence-electron chi connectivity index (χ0n) is 14.2. The number of pyridine rings is 1. The second-order valence-electron chi connectivity index (χ2n) is 6.38. The Labute approximate surface area is 145 Å². The van der Waals surface area contributed by atoms with Crippen molar-refractivity contribution in [3.05, 3.63) is 46.5 Å². The summed E-state index contributed by atoms with van der Waals surface area (Å²) >= 11 is 1.60. The van der Waals surface area contributed by atoms with E-state index >= 15 is 0 Å². The number of nitrogens with one attached hydrogen (secondary N) is 1. The maximum Gasteiger partial charge on any atom is 0.225 e. The number of imidazole rings is 1. The van der Waals surface area contributed by atoms with Crippen LogP contribution >= 0.6 is 11.3 Å². The molecule has 3 aromatic rings. The van der Waals surface area contributed by atoms with Gasteiger partial charge in [-0.3, -0.25) is 4.79 Å². The summed E-state index contributed by atoms with van der Waals surface area (Å²) in [6, 6.07) is 7.67. The molecule has 0 aliphatic heterocycles. The van der Waals surface area contributed by atoms with Crippen LogP contribution in [0.1, 0.15) is 37.0 Å². The van der Waals surface area contributed by atoms with E-state index in [1.165, 1.54) is 0 Å². The Morgan fingerprint density at radius 3 is 2.83 bits per heavy atom. The van der Waals surface area contributed by atoms with E-state index in [0.29, 0.717) is 12.3 Å². The molecule has 0 radical (unpaired) electrons. The lowest BCUT2D eigenvalue weighted by Gasteiger charge is -2.20. The molecule has 0 aromatic carbocycles. The van der Waals surface area contributed by atoms with Crippen LogP contribution in [0.15, 0.2) is 35.8 Å². The predicted octanol–water partition coefficient (Wildman–Crippen LogP) is 3.48. The highest BCUT2D eigenvalue weighted by molar-refractivity contribution is 7.10. The second-order valence-corrected chi connectivity index (χ2v) is 7.41. The molecule has 3 aromatic heterocycles. The molecule has 1 N–H and O–H groups in total. The molecule has 3 rings (SSSR count). The highest BCUT2D eigenvalue weighted by Gasteiger charge is 2.22. The van der Waals surface area contributed by atoms with Crippen LogP contribution in [-0.4, -0.2) is 20.4 Å². The molecule has 0 aliphatic carbocycles. The largest absolute Gasteiger partial charge is 0.346 e. The number of thiophene rings is 1. The average Bonchev–Trinajstić information content (AvgIpc) is 3.15. The zero-order valence-corrected chi connectivity index (χ0v) is 15.0. The molecule has 6 heteroatoms. The van der Waals surface area contributed by atoms with Crippen LogP contribution < -0.4 is 5.32 Å². The van der Waals surface area contributed by atoms with E-state index in [2.05, 4.69) is 24.1 Å². The van der Waals surface area contributed by atoms with Gasteiger partial charge in [0.15, 0.2) is 5.65 Å². The lowest BCUT2D eigenvalue weighted by atomic mass is 10.0. The van der Waals surface area contributed by atoms with Crippen LogP contribution in [0.2, 0.25) is 0 Å². The highest BCUT2D eigenvalue weighted by atomic mass is 32.1. The quantitative estimate of drug-likeness (QED) is 0.746. The molecule has 0 fully saturated rings. The summed E-state index contributed by atoms with van der Waals surface area (Å²) in [7, 11) is 1.95. The molecule has 1 amide bonds. The summed E-state index contributed by atoms with van der Waals surface area (Å²) in [5, 5.41) is 5.15. The number of carbonyl (C=O) groups excluding carboxylic acids is 1. The first-order chi connectivity index (χ1) is 11.5. The lowest BCUT2D eigenvalue weighted by molar-refractivity contribution is -0.121. The van der Waals surface area contributed by atoms with E-state index in [9.17, 15) is 4.79 Å². The molecule has 0 saturated carbocycles. The van der Waals surface area contributed by atoms with Crippen molar-refractivity contribution < 1.29 is 4.79 Å². The van der Waals surface area contributed by atoms with E-state index in [0.717, 1.165) is 28.3 Å². The third kappa shape index (κ3) is 3.64. The predicted molar refractivity (Wildman–Crippen MR) is 96.9 cm³/mol. The van der Waals surface area contributed by atoms with Crippen LogP contribution in [0.25, 0.3) is 11.2 Å². The minimum Gasteiger partial charge on any atom is -0.346 e. The normalized spacial score (nSPS) is 12.7. The Balaban J connectivity index is 1.85. The third-order valence-electron chi connectivity index (χ3n) is 3.93. The van der Waals surface area contributed by atoms with Gasteiger partial charge in [0.2, 0.25) is 5.91 Å². The van der Waals surface area contributed by atoms with Crippen LogP contribution in [0.3, 0.4) is 0 Å². The maximum atomic E-state index is 12.4. The summed E-state index contributed by atoms with van der Waals surface area (Å²) in [4.78, 5) is 22.6. The van der Waals surface area contributed by atoms with E-state index in [4.69, 9.17) is 4.98 Å². The van der Waals surface area contributed by atoms with Crippen molar-refractivity contribution in [2.24, 2.45) is 13.0 Å². The first-order valence-electron chi connectivity index (χ1n) is 8.13. The van der Waals surface area contributed by atoms with Crippen molar-refractivity contribution in [1.29, 1.82) is 0 Å². The molecule has 3 heterocycles. The average molecular weight is 342 g/mol. The standard InChI is InChI=1S/C18H22N4OS/c1-12(2)10-15(20-16(23)11-13-6-5-9-24-13)18-21-14-7-4-8-19-17(14)22(18)3/h4-9,12,15H,10-11H2,1-3H3,(H,20,23)/t15-/m1/s1. The van der Waals surface area contributed by atoms with Crippen molar-refractivity contribution in [3.8, 4) is 0 Å². The monoisotopic (exact) mass is 342 g/mol. The van der Waals surface area contributed by atoms with Crippen LogP contribution in [0.5, 0.6) is 0 Å². The van der Waals surface area contributed by atoms with Crippen molar-refractivity contribution >= 4 is 28.4 Å². The number of amides is 1. The fraction of sp³-hybridized carbons (Fsp3) is 0.389. The Hall–Kier alpha value is -2.21. The summed E-state index contributed by atoms with van der Waals surface area (Å²) < 4.78 is 1.98. The number of aryl methyl sites for hydroxylation is 1. The number of carbonyl (C=O) groups is 1. The Morgan fingerprint density at radius 1 is 1.33 bits per heavy atom. The van der Waals surface area contributed by atoms with Gasteiger partial charge in [-0.1, -0.05) is 19.9 Å². The molecule has 0 aliphatic rings. The van der Waals surface area contributed by atoms with Gasteiger partial charge in [0.25, 0.3) is 0 Å². The molecule has 5 nitrogen and oxygen atoms in total. The Morgan fingerprint density at radius 2 is 2.17 bits per heavy atom. The molecule has 24 heavy (non-hydrogen) atoms. The van der Waals surface area contributed by atoms with Crippen LogP contribution in [0, 0.1) is 5.92 Å².